The summed E-state index contributed by atoms with van der Waals surface area (Å²) in [4.78, 5) is 2.10. The van der Waals surface area contributed by atoms with Crippen LogP contribution in [0.15, 0.2) is 71.1 Å². The van der Waals surface area contributed by atoms with Crippen molar-refractivity contribution in [3.8, 4) is 11.1 Å². The molecule has 0 radical (unpaired) electrons. The van der Waals surface area contributed by atoms with Gasteiger partial charge in [0.2, 0.25) is 0 Å². The van der Waals surface area contributed by atoms with E-state index in [1.54, 1.807) is 0 Å². The van der Waals surface area contributed by atoms with Crippen LogP contribution in [0.2, 0.25) is 0 Å². The average Bonchev–Trinajstić information content (AvgIpc) is 3.15. The Balaban J connectivity index is 1.41. The van der Waals surface area contributed by atoms with Gasteiger partial charge in [-0.15, -0.1) is 0 Å². The summed E-state index contributed by atoms with van der Waals surface area (Å²) in [5.41, 5.74) is 3.31. The van der Waals surface area contributed by atoms with Crippen LogP contribution < -0.4 is 10.6 Å². The van der Waals surface area contributed by atoms with E-state index in [0.717, 1.165) is 47.4 Å². The minimum absolute atomic E-state index is 0.639. The van der Waals surface area contributed by atoms with Crippen molar-refractivity contribution in [2.45, 2.75) is 12.3 Å². The van der Waals surface area contributed by atoms with Crippen LogP contribution in [0.25, 0.3) is 11.1 Å². The Morgan fingerprint density at radius 3 is 2.48 bits per heavy atom. The standard InChI is InChI=1S/C23H27N3OS2/c1-26(2)16-19-12-13-20(27-19)17-29-15-14-24-23(28)25-22-11-7-6-10-21(22)18-8-4-3-5-9-18/h3-13H,14-17H2,1-2H3,(H2,24,25,28). The molecule has 0 aliphatic rings. The number of rotatable bonds is 9. The number of thiocarbonyl (C=S) groups is 1. The van der Waals surface area contributed by atoms with Crippen molar-refractivity contribution in [3.63, 3.8) is 0 Å². The van der Waals surface area contributed by atoms with E-state index in [1.807, 2.05) is 62.3 Å². The predicted molar refractivity (Wildman–Crippen MR) is 128 cm³/mol. The number of para-hydroxylation sites is 1. The third-order valence-corrected chi connectivity index (χ3v) is 5.45. The lowest BCUT2D eigenvalue weighted by atomic mass is 10.0. The van der Waals surface area contributed by atoms with Gasteiger partial charge in [0.25, 0.3) is 0 Å². The molecule has 3 rings (SSSR count). The second-order valence-electron chi connectivity index (χ2n) is 6.95. The van der Waals surface area contributed by atoms with E-state index < -0.39 is 0 Å². The number of nitrogens with zero attached hydrogens (tertiary/aromatic N) is 1. The van der Waals surface area contributed by atoms with Crippen LogP contribution in [0.5, 0.6) is 0 Å². The van der Waals surface area contributed by atoms with Crippen molar-refractivity contribution in [2.24, 2.45) is 0 Å². The molecular formula is C23H27N3OS2. The van der Waals surface area contributed by atoms with Gasteiger partial charge in [-0.2, -0.15) is 11.8 Å². The van der Waals surface area contributed by atoms with Crippen molar-refractivity contribution in [1.82, 2.24) is 10.2 Å². The van der Waals surface area contributed by atoms with Crippen LogP contribution in [-0.2, 0) is 12.3 Å². The summed E-state index contributed by atoms with van der Waals surface area (Å²) in [5, 5.41) is 7.26. The molecule has 0 aliphatic carbocycles. The van der Waals surface area contributed by atoms with Crippen molar-refractivity contribution in [2.75, 3.05) is 31.7 Å². The first-order valence-corrected chi connectivity index (χ1v) is 11.2. The molecule has 3 aromatic rings. The Morgan fingerprint density at radius 1 is 0.966 bits per heavy atom. The van der Waals surface area contributed by atoms with Crippen molar-refractivity contribution in [1.29, 1.82) is 0 Å². The van der Waals surface area contributed by atoms with Gasteiger partial charge in [-0.05, 0) is 50.1 Å². The van der Waals surface area contributed by atoms with E-state index >= 15 is 0 Å². The minimum atomic E-state index is 0.639. The fraction of sp³-hybridized carbons (Fsp3) is 0.261. The van der Waals surface area contributed by atoms with Gasteiger partial charge in [-0.25, -0.2) is 0 Å². The molecule has 0 aliphatic heterocycles. The topological polar surface area (TPSA) is 40.4 Å². The molecule has 0 saturated carbocycles. The number of nitrogens with one attached hydrogen (secondary N) is 2. The number of thioether (sulfide) groups is 1. The maximum Gasteiger partial charge on any atom is 0.170 e. The van der Waals surface area contributed by atoms with Crippen LogP contribution in [-0.4, -0.2) is 36.4 Å². The maximum absolute atomic E-state index is 5.84. The molecule has 152 valence electrons. The highest BCUT2D eigenvalue weighted by molar-refractivity contribution is 7.98. The number of benzene rings is 2. The van der Waals surface area contributed by atoms with Crippen LogP contribution in [0.4, 0.5) is 5.69 Å². The lowest BCUT2D eigenvalue weighted by molar-refractivity contribution is 0.344. The van der Waals surface area contributed by atoms with Crippen LogP contribution in [0, 0.1) is 0 Å². The molecule has 6 heteroatoms. The van der Waals surface area contributed by atoms with E-state index in [0.29, 0.717) is 5.11 Å². The summed E-state index contributed by atoms with van der Waals surface area (Å²) in [6, 6.07) is 22.6. The predicted octanol–water partition coefficient (Wildman–Crippen LogP) is 5.23. The highest BCUT2D eigenvalue weighted by Crippen LogP contribution is 2.27. The minimum Gasteiger partial charge on any atom is -0.464 e. The van der Waals surface area contributed by atoms with E-state index in [1.165, 1.54) is 5.56 Å². The molecule has 0 fully saturated rings. The molecule has 4 nitrogen and oxygen atoms in total. The highest BCUT2D eigenvalue weighted by atomic mass is 32.2. The van der Waals surface area contributed by atoms with Crippen molar-refractivity contribution in [3.05, 3.63) is 78.3 Å². The van der Waals surface area contributed by atoms with Gasteiger partial charge in [0.15, 0.2) is 5.11 Å². The third kappa shape index (κ3) is 6.92. The van der Waals surface area contributed by atoms with Crippen molar-refractivity contribution < 1.29 is 4.42 Å². The molecule has 0 saturated heterocycles. The molecule has 0 unspecified atom stereocenters. The maximum atomic E-state index is 5.84. The molecule has 0 atom stereocenters. The van der Waals surface area contributed by atoms with Gasteiger partial charge in [0.05, 0.1) is 12.3 Å². The summed E-state index contributed by atoms with van der Waals surface area (Å²) in [6.45, 7) is 1.63. The summed E-state index contributed by atoms with van der Waals surface area (Å²) in [5.74, 6) is 3.84. The number of hydrogen-bond donors (Lipinski definition) is 2. The third-order valence-electron chi connectivity index (χ3n) is 4.23. The molecule has 0 amide bonds. The molecule has 2 N–H and O–H groups in total. The zero-order valence-corrected chi connectivity index (χ0v) is 18.5. The quantitative estimate of drug-likeness (QED) is 0.361. The first-order chi connectivity index (χ1) is 14.1. The molecular weight excluding hydrogens is 398 g/mol. The summed E-state index contributed by atoms with van der Waals surface area (Å²) < 4.78 is 5.84. The van der Waals surface area contributed by atoms with Gasteiger partial charge in [0, 0.05) is 23.5 Å². The Morgan fingerprint density at radius 2 is 1.69 bits per heavy atom. The zero-order valence-electron chi connectivity index (χ0n) is 16.9. The van der Waals surface area contributed by atoms with Crippen molar-refractivity contribution >= 4 is 34.8 Å². The van der Waals surface area contributed by atoms with Gasteiger partial charge in [-0.1, -0.05) is 48.5 Å². The van der Waals surface area contributed by atoms with Crippen LogP contribution >= 0.6 is 24.0 Å². The highest BCUT2D eigenvalue weighted by Gasteiger charge is 2.06. The monoisotopic (exact) mass is 425 g/mol. The summed E-state index contributed by atoms with van der Waals surface area (Å²) in [6.07, 6.45) is 0. The number of furan rings is 1. The summed E-state index contributed by atoms with van der Waals surface area (Å²) >= 11 is 7.31. The van der Waals surface area contributed by atoms with E-state index in [9.17, 15) is 0 Å². The lowest BCUT2D eigenvalue weighted by Crippen LogP contribution is -2.30. The van der Waals surface area contributed by atoms with Gasteiger partial charge >= 0.3 is 0 Å². The number of hydrogen-bond acceptors (Lipinski definition) is 4. The van der Waals surface area contributed by atoms with E-state index in [2.05, 4.69) is 45.9 Å². The average molecular weight is 426 g/mol. The number of anilines is 1. The van der Waals surface area contributed by atoms with Gasteiger partial charge < -0.3 is 20.0 Å². The fourth-order valence-electron chi connectivity index (χ4n) is 2.93. The van der Waals surface area contributed by atoms with Gasteiger partial charge in [-0.3, -0.25) is 0 Å². The first-order valence-electron chi connectivity index (χ1n) is 9.61. The van der Waals surface area contributed by atoms with E-state index in [4.69, 9.17) is 16.6 Å². The van der Waals surface area contributed by atoms with Crippen LogP contribution in [0.1, 0.15) is 11.5 Å². The Hall–Kier alpha value is -2.28. The second-order valence-corrected chi connectivity index (χ2v) is 8.46. The molecule has 2 aromatic carbocycles. The molecule has 1 aromatic heterocycles. The molecule has 0 spiro atoms. The smallest absolute Gasteiger partial charge is 0.170 e. The SMILES string of the molecule is CN(C)Cc1ccc(CSCCNC(=S)Nc2ccccc2-c2ccccc2)o1. The largest absolute Gasteiger partial charge is 0.464 e. The normalized spacial score (nSPS) is 10.9. The molecule has 29 heavy (non-hydrogen) atoms. The fourth-order valence-corrected chi connectivity index (χ4v) is 3.89. The lowest BCUT2D eigenvalue weighted by Gasteiger charge is -2.14. The Bertz CT molecular complexity index is 909. The summed E-state index contributed by atoms with van der Waals surface area (Å²) in [7, 11) is 4.08. The second kappa shape index (κ2) is 11.0. The zero-order chi connectivity index (χ0) is 20.5. The first kappa shape index (κ1) is 21.4. The van der Waals surface area contributed by atoms with E-state index in [-0.39, 0.29) is 0 Å². The Labute approximate surface area is 182 Å². The van der Waals surface area contributed by atoms with Gasteiger partial charge in [0.1, 0.15) is 11.5 Å². The molecule has 1 heterocycles. The molecule has 0 bridgehead atoms. The van der Waals surface area contributed by atoms with Crippen LogP contribution in [0.3, 0.4) is 0 Å². The Kier molecular flexibility index (Phi) is 8.16.